The van der Waals surface area contributed by atoms with E-state index in [-0.39, 0.29) is 22.9 Å². The number of carbonyl (C=O) groups is 1. The fourth-order valence-corrected chi connectivity index (χ4v) is 4.83. The number of amides is 1. The van der Waals surface area contributed by atoms with Crippen molar-refractivity contribution in [3.05, 3.63) is 75.7 Å². The van der Waals surface area contributed by atoms with Crippen LogP contribution in [-0.2, 0) is 4.74 Å². The van der Waals surface area contributed by atoms with Crippen molar-refractivity contribution < 1.29 is 18.7 Å². The first-order valence-corrected chi connectivity index (χ1v) is 12.0. The molecule has 1 fully saturated rings. The van der Waals surface area contributed by atoms with E-state index in [1.807, 2.05) is 17.0 Å². The van der Waals surface area contributed by atoms with E-state index >= 15 is 0 Å². The second kappa shape index (κ2) is 10.8. The molecule has 9 heteroatoms. The Hall–Kier alpha value is -2.87. The number of piperidine rings is 1. The molecule has 1 amide bonds. The van der Waals surface area contributed by atoms with Crippen LogP contribution in [0.15, 0.2) is 48.7 Å². The van der Waals surface area contributed by atoms with Crippen molar-refractivity contribution >= 4 is 34.9 Å². The normalized spacial score (nSPS) is 15.2. The lowest BCUT2D eigenvalue weighted by atomic mass is 10.0. The Morgan fingerprint density at radius 3 is 2.49 bits per heavy atom. The highest BCUT2D eigenvalue weighted by Gasteiger charge is 2.24. The highest BCUT2D eigenvalue weighted by Crippen LogP contribution is 2.37. The van der Waals surface area contributed by atoms with Crippen LogP contribution in [0.3, 0.4) is 0 Å². The summed E-state index contributed by atoms with van der Waals surface area (Å²) >= 11 is 12.3. The lowest BCUT2D eigenvalue weighted by Crippen LogP contribution is -2.40. The van der Waals surface area contributed by atoms with Gasteiger partial charge in [-0.25, -0.2) is 9.37 Å². The van der Waals surface area contributed by atoms with Crippen LogP contribution in [0.5, 0.6) is 5.75 Å². The Balaban J connectivity index is 1.51. The van der Waals surface area contributed by atoms with E-state index in [9.17, 15) is 9.18 Å². The largest absolute Gasteiger partial charge is 0.482 e. The summed E-state index contributed by atoms with van der Waals surface area (Å²) in [6.45, 7) is 3.06. The number of hydrogen-bond acceptors (Lipinski definition) is 5. The van der Waals surface area contributed by atoms with Gasteiger partial charge in [0.1, 0.15) is 11.9 Å². The molecule has 0 spiro atoms. The van der Waals surface area contributed by atoms with Crippen molar-refractivity contribution in [2.45, 2.75) is 32.0 Å². The number of halogens is 3. The smallest absolute Gasteiger partial charge is 0.253 e. The molecule has 184 valence electrons. The standard InChI is InChI=1S/C26H26Cl2FN3O3/c1-15(23-20(27)7-8-21(29)24(23)28)35-22-13-18(14-31-25(22)30)16-3-5-17(6-4-16)26(33)32-11-9-19(34-2)10-12-32/h3-8,13-15,19H,9-12H2,1-2H3,(H2,30,31). The van der Waals surface area contributed by atoms with Gasteiger partial charge in [0.2, 0.25) is 0 Å². The Morgan fingerprint density at radius 1 is 1.14 bits per heavy atom. The summed E-state index contributed by atoms with van der Waals surface area (Å²) in [7, 11) is 1.70. The van der Waals surface area contributed by atoms with Gasteiger partial charge in [-0.15, -0.1) is 0 Å². The van der Waals surface area contributed by atoms with Gasteiger partial charge in [-0.3, -0.25) is 4.79 Å². The number of anilines is 1. The number of likely N-dealkylation sites (tertiary alicyclic amines) is 1. The number of benzene rings is 2. The average Bonchev–Trinajstić information content (AvgIpc) is 2.87. The summed E-state index contributed by atoms with van der Waals surface area (Å²) in [6.07, 6.45) is 2.84. The molecule has 4 rings (SSSR count). The zero-order valence-corrected chi connectivity index (χ0v) is 20.9. The Morgan fingerprint density at radius 2 is 1.83 bits per heavy atom. The van der Waals surface area contributed by atoms with E-state index in [0.29, 0.717) is 35.0 Å². The first-order valence-electron chi connectivity index (χ1n) is 11.3. The zero-order chi connectivity index (χ0) is 25.1. The van der Waals surface area contributed by atoms with Crippen LogP contribution in [0.25, 0.3) is 11.1 Å². The van der Waals surface area contributed by atoms with E-state index in [4.69, 9.17) is 38.4 Å². The maximum Gasteiger partial charge on any atom is 0.253 e. The Labute approximate surface area is 213 Å². The topological polar surface area (TPSA) is 77.7 Å². The minimum atomic E-state index is -0.674. The zero-order valence-electron chi connectivity index (χ0n) is 19.4. The van der Waals surface area contributed by atoms with Crippen LogP contribution < -0.4 is 10.5 Å². The number of nitrogens with zero attached hydrogens (tertiary/aromatic N) is 2. The monoisotopic (exact) mass is 517 g/mol. The van der Waals surface area contributed by atoms with Crippen molar-refractivity contribution in [2.24, 2.45) is 0 Å². The molecule has 1 aliphatic rings. The molecule has 2 N–H and O–H groups in total. The maximum absolute atomic E-state index is 13.9. The van der Waals surface area contributed by atoms with Gasteiger partial charge in [0.25, 0.3) is 5.91 Å². The highest BCUT2D eigenvalue weighted by molar-refractivity contribution is 6.36. The molecule has 1 aromatic heterocycles. The lowest BCUT2D eigenvalue weighted by molar-refractivity contribution is 0.0351. The van der Waals surface area contributed by atoms with Crippen molar-refractivity contribution in [2.75, 3.05) is 25.9 Å². The third-order valence-electron chi connectivity index (χ3n) is 6.20. The summed E-state index contributed by atoms with van der Waals surface area (Å²) in [5.41, 5.74) is 8.57. The molecular formula is C26H26Cl2FN3O3. The number of pyridine rings is 1. The van der Waals surface area contributed by atoms with Crippen LogP contribution in [0.1, 0.15) is 41.8 Å². The van der Waals surface area contributed by atoms with E-state index in [2.05, 4.69) is 4.98 Å². The SMILES string of the molecule is COC1CCN(C(=O)c2ccc(-c3cnc(N)c(OC(C)c4c(Cl)ccc(F)c4Cl)c3)cc2)CC1. The summed E-state index contributed by atoms with van der Waals surface area (Å²) in [6, 6.07) is 11.7. The van der Waals surface area contributed by atoms with Crippen LogP contribution in [0, 0.1) is 5.82 Å². The number of hydrogen-bond donors (Lipinski definition) is 1. The molecule has 6 nitrogen and oxygen atoms in total. The number of nitrogen functional groups attached to an aromatic ring is 1. The van der Waals surface area contributed by atoms with E-state index < -0.39 is 11.9 Å². The van der Waals surface area contributed by atoms with Gasteiger partial charge in [0.15, 0.2) is 11.6 Å². The van der Waals surface area contributed by atoms with Crippen LogP contribution in [0.4, 0.5) is 10.2 Å². The van der Waals surface area contributed by atoms with E-state index in [1.54, 1.807) is 38.4 Å². The molecule has 1 saturated heterocycles. The Kier molecular flexibility index (Phi) is 7.79. The highest BCUT2D eigenvalue weighted by atomic mass is 35.5. The number of rotatable bonds is 6. The molecule has 0 saturated carbocycles. The molecule has 1 aliphatic heterocycles. The van der Waals surface area contributed by atoms with Crippen molar-refractivity contribution in [3.8, 4) is 16.9 Å². The minimum Gasteiger partial charge on any atom is -0.482 e. The van der Waals surface area contributed by atoms with E-state index in [0.717, 1.165) is 24.0 Å². The molecule has 0 aliphatic carbocycles. The van der Waals surface area contributed by atoms with Crippen LogP contribution in [0.2, 0.25) is 10.0 Å². The van der Waals surface area contributed by atoms with Crippen molar-refractivity contribution in [1.82, 2.24) is 9.88 Å². The Bertz CT molecular complexity index is 1220. The molecule has 1 atom stereocenters. The van der Waals surface area contributed by atoms with Gasteiger partial charge in [0, 0.05) is 48.1 Å². The third kappa shape index (κ3) is 5.53. The second-order valence-corrected chi connectivity index (χ2v) is 9.21. The molecule has 2 aromatic carbocycles. The lowest BCUT2D eigenvalue weighted by Gasteiger charge is -2.31. The molecule has 1 unspecified atom stereocenters. The fourth-order valence-electron chi connectivity index (χ4n) is 4.15. The second-order valence-electron chi connectivity index (χ2n) is 8.43. The molecule has 35 heavy (non-hydrogen) atoms. The average molecular weight is 518 g/mol. The fraction of sp³-hybridized carbons (Fsp3) is 0.308. The van der Waals surface area contributed by atoms with Crippen molar-refractivity contribution in [1.29, 1.82) is 0 Å². The van der Waals surface area contributed by atoms with Crippen LogP contribution >= 0.6 is 23.2 Å². The summed E-state index contributed by atoms with van der Waals surface area (Å²) in [5.74, 6) is -0.0923. The predicted octanol–water partition coefficient (Wildman–Crippen LogP) is 6.17. The first kappa shape index (κ1) is 25.2. The maximum atomic E-state index is 13.9. The van der Waals surface area contributed by atoms with E-state index in [1.165, 1.54) is 12.1 Å². The quantitative estimate of drug-likeness (QED) is 0.395. The van der Waals surface area contributed by atoms with Crippen LogP contribution in [-0.4, -0.2) is 42.1 Å². The molecule has 3 aromatic rings. The van der Waals surface area contributed by atoms with Gasteiger partial charge < -0.3 is 20.1 Å². The minimum absolute atomic E-state index is 0.00299. The summed E-state index contributed by atoms with van der Waals surface area (Å²) in [4.78, 5) is 19.0. The van der Waals surface area contributed by atoms with Gasteiger partial charge in [-0.05, 0) is 55.7 Å². The van der Waals surface area contributed by atoms with Gasteiger partial charge in [0.05, 0.1) is 11.1 Å². The van der Waals surface area contributed by atoms with Crippen molar-refractivity contribution in [3.63, 3.8) is 0 Å². The molecule has 2 heterocycles. The number of nitrogens with two attached hydrogens (primary N) is 1. The molecule has 0 bridgehead atoms. The number of aromatic nitrogens is 1. The number of ether oxygens (including phenoxy) is 2. The first-order chi connectivity index (χ1) is 16.8. The van der Waals surface area contributed by atoms with Gasteiger partial charge in [-0.1, -0.05) is 35.3 Å². The van der Waals surface area contributed by atoms with Gasteiger partial charge >= 0.3 is 0 Å². The summed E-state index contributed by atoms with van der Waals surface area (Å²) < 4.78 is 25.3. The third-order valence-corrected chi connectivity index (χ3v) is 6.91. The van der Waals surface area contributed by atoms with Gasteiger partial charge in [-0.2, -0.15) is 0 Å². The number of methoxy groups -OCH3 is 1. The summed E-state index contributed by atoms with van der Waals surface area (Å²) in [5, 5.41) is 0.192. The number of carbonyl (C=O) groups excluding carboxylic acids is 1. The predicted molar refractivity (Wildman–Crippen MR) is 135 cm³/mol. The molecular weight excluding hydrogens is 492 g/mol. The molecule has 0 radical (unpaired) electrons.